The van der Waals surface area contributed by atoms with Crippen LogP contribution in [0.4, 0.5) is 5.69 Å². The summed E-state index contributed by atoms with van der Waals surface area (Å²) >= 11 is 0. The molecule has 4 aliphatic rings. The Morgan fingerprint density at radius 3 is 2.69 bits per heavy atom. The van der Waals surface area contributed by atoms with Crippen LogP contribution in [0.3, 0.4) is 0 Å². The van der Waals surface area contributed by atoms with Crippen LogP contribution >= 0.6 is 0 Å². The fourth-order valence-corrected chi connectivity index (χ4v) is 7.92. The van der Waals surface area contributed by atoms with Crippen molar-refractivity contribution >= 4 is 39.6 Å². The fourth-order valence-electron chi connectivity index (χ4n) is 7.92. The normalized spacial score (nSPS) is 20.7. The molecule has 3 aromatic heterocycles. The number of aromatic nitrogens is 4. The zero-order chi connectivity index (χ0) is 30.4. The van der Waals surface area contributed by atoms with Crippen molar-refractivity contribution < 1.29 is 14.3 Å². The van der Waals surface area contributed by atoms with Crippen LogP contribution < -0.4 is 10.1 Å². The first-order valence-electron chi connectivity index (χ1n) is 16.2. The quantitative estimate of drug-likeness (QED) is 0.251. The number of imidazole rings is 1. The molecule has 1 saturated heterocycles. The number of aryl methyl sites for hydroxylation is 2. The Labute approximate surface area is 261 Å². The van der Waals surface area contributed by atoms with Crippen molar-refractivity contribution in [3.8, 4) is 28.5 Å². The summed E-state index contributed by atoms with van der Waals surface area (Å²) in [7, 11) is 3.69. The second-order valence-corrected chi connectivity index (χ2v) is 13.4. The van der Waals surface area contributed by atoms with Crippen molar-refractivity contribution in [2.45, 2.75) is 57.5 Å². The number of rotatable bonds is 6. The van der Waals surface area contributed by atoms with Crippen molar-refractivity contribution in [1.82, 2.24) is 24.0 Å². The van der Waals surface area contributed by atoms with Gasteiger partial charge in [0.2, 0.25) is 5.91 Å². The SMILES string of the molecule is COc1cc(C(=O)N2CC3CCC2C3)cc2nc(-c3cc4ccc(-c5ccc6c(c5)CCC(=O)N6)nc4n3CC3CC3)n(C)c12. The minimum atomic E-state index is 0.0704. The molecule has 45 heavy (non-hydrogen) atoms. The van der Waals surface area contributed by atoms with E-state index in [0.717, 1.165) is 88.4 Å². The van der Waals surface area contributed by atoms with Crippen molar-refractivity contribution in [3.05, 3.63) is 59.7 Å². The van der Waals surface area contributed by atoms with E-state index in [-0.39, 0.29) is 11.8 Å². The van der Waals surface area contributed by atoms with E-state index in [1.54, 1.807) is 7.11 Å². The highest BCUT2D eigenvalue weighted by Gasteiger charge is 2.40. The molecule has 228 valence electrons. The van der Waals surface area contributed by atoms with Gasteiger partial charge in [-0.3, -0.25) is 9.59 Å². The second kappa shape index (κ2) is 9.92. The number of hydrogen-bond acceptors (Lipinski definition) is 5. The summed E-state index contributed by atoms with van der Waals surface area (Å²) in [6, 6.07) is 16.8. The highest BCUT2D eigenvalue weighted by atomic mass is 16.5. The van der Waals surface area contributed by atoms with Gasteiger partial charge in [-0.25, -0.2) is 9.97 Å². The number of fused-ring (bicyclic) bond motifs is 5. The van der Waals surface area contributed by atoms with E-state index in [1.807, 2.05) is 31.3 Å². The largest absolute Gasteiger partial charge is 0.494 e. The van der Waals surface area contributed by atoms with Gasteiger partial charge in [0.1, 0.15) is 16.9 Å². The van der Waals surface area contributed by atoms with E-state index in [1.165, 1.54) is 19.3 Å². The van der Waals surface area contributed by atoms with E-state index in [4.69, 9.17) is 14.7 Å². The molecule has 2 unspecified atom stereocenters. The highest BCUT2D eigenvalue weighted by Crippen LogP contribution is 2.41. The summed E-state index contributed by atoms with van der Waals surface area (Å²) in [4.78, 5) is 38.0. The number of benzene rings is 2. The van der Waals surface area contributed by atoms with E-state index in [2.05, 4.69) is 43.6 Å². The lowest BCUT2D eigenvalue weighted by molar-refractivity contribution is -0.116. The number of carbonyl (C=O) groups is 2. The zero-order valence-corrected chi connectivity index (χ0v) is 25.7. The summed E-state index contributed by atoms with van der Waals surface area (Å²) in [5.41, 5.74) is 8.24. The van der Waals surface area contributed by atoms with Gasteiger partial charge in [0.05, 0.1) is 24.0 Å². The third-order valence-corrected chi connectivity index (χ3v) is 10.5. The number of likely N-dealkylation sites (tertiary alicyclic amines) is 1. The molecule has 1 N–H and O–H groups in total. The van der Waals surface area contributed by atoms with Crippen molar-refractivity contribution in [1.29, 1.82) is 0 Å². The Balaban J connectivity index is 1.14. The lowest BCUT2D eigenvalue weighted by Crippen LogP contribution is -2.37. The average molecular weight is 601 g/mol. The van der Waals surface area contributed by atoms with Crippen LogP contribution in [0.2, 0.25) is 0 Å². The molecular weight excluding hydrogens is 564 g/mol. The first-order chi connectivity index (χ1) is 21.9. The topological polar surface area (TPSA) is 94.3 Å². The van der Waals surface area contributed by atoms with Crippen LogP contribution in [-0.4, -0.2) is 55.5 Å². The molecule has 2 aliphatic carbocycles. The molecule has 0 radical (unpaired) electrons. The lowest BCUT2D eigenvalue weighted by Gasteiger charge is -2.27. The standard InChI is InChI=1S/C36H36N6O3/c1-40-33-29(15-25(17-31(33)45-2)36(44)41-19-21-5-9-26(41)13-21)39-35(40)30-16-24-7-11-28(38-34(24)42(30)18-20-3-4-20)22-6-10-27-23(14-22)8-12-32(43)37-27/h6-7,10-11,14-17,20-21,26H,3-5,8-9,12-13,18-19H2,1-2H3,(H,37,43). The Morgan fingerprint density at radius 2 is 1.91 bits per heavy atom. The summed E-state index contributed by atoms with van der Waals surface area (Å²) in [6.07, 6.45) is 7.15. The molecule has 2 amide bonds. The number of hydrogen-bond donors (Lipinski definition) is 1. The third kappa shape index (κ3) is 4.35. The van der Waals surface area contributed by atoms with Gasteiger partial charge in [0.15, 0.2) is 5.82 Å². The van der Waals surface area contributed by atoms with E-state index in [0.29, 0.717) is 35.6 Å². The molecule has 9 nitrogen and oxygen atoms in total. The fraction of sp³-hybridized carbons (Fsp3) is 0.389. The van der Waals surface area contributed by atoms with Gasteiger partial charge in [-0.15, -0.1) is 0 Å². The molecule has 9 rings (SSSR count). The van der Waals surface area contributed by atoms with Crippen LogP contribution in [0.1, 0.15) is 54.4 Å². The predicted molar refractivity (Wildman–Crippen MR) is 173 cm³/mol. The smallest absolute Gasteiger partial charge is 0.254 e. The number of carbonyl (C=O) groups excluding carboxylic acids is 2. The van der Waals surface area contributed by atoms with Crippen LogP contribution in [0.15, 0.2) is 48.5 Å². The maximum Gasteiger partial charge on any atom is 0.254 e. The van der Waals surface area contributed by atoms with E-state index >= 15 is 0 Å². The summed E-state index contributed by atoms with van der Waals surface area (Å²) in [5.74, 6) is 2.91. The maximum absolute atomic E-state index is 13.7. The molecular formula is C36H36N6O3. The minimum absolute atomic E-state index is 0.0704. The molecule has 2 saturated carbocycles. The van der Waals surface area contributed by atoms with Crippen LogP contribution in [0.5, 0.6) is 5.75 Å². The predicted octanol–water partition coefficient (Wildman–Crippen LogP) is 6.18. The van der Waals surface area contributed by atoms with Crippen molar-refractivity contribution in [2.24, 2.45) is 18.9 Å². The summed E-state index contributed by atoms with van der Waals surface area (Å²) < 4.78 is 10.3. The zero-order valence-electron chi connectivity index (χ0n) is 25.7. The van der Waals surface area contributed by atoms with Gasteiger partial charge in [0.25, 0.3) is 5.91 Å². The molecule has 5 heterocycles. The van der Waals surface area contributed by atoms with Crippen LogP contribution in [-0.2, 0) is 24.8 Å². The van der Waals surface area contributed by atoms with Gasteiger partial charge in [-0.2, -0.15) is 0 Å². The second-order valence-electron chi connectivity index (χ2n) is 13.4. The van der Waals surface area contributed by atoms with Gasteiger partial charge >= 0.3 is 0 Å². The Bertz CT molecular complexity index is 2050. The highest BCUT2D eigenvalue weighted by molar-refractivity contribution is 6.00. The molecule has 2 aromatic carbocycles. The maximum atomic E-state index is 13.7. The number of ether oxygens (including phenoxy) is 1. The summed E-state index contributed by atoms with van der Waals surface area (Å²) in [5, 5.41) is 4.05. The van der Waals surface area contributed by atoms with Gasteiger partial charge in [-0.1, -0.05) is 6.07 Å². The molecule has 2 atom stereocenters. The average Bonchev–Trinajstić information content (AvgIpc) is 3.34. The van der Waals surface area contributed by atoms with E-state index in [9.17, 15) is 9.59 Å². The van der Waals surface area contributed by atoms with Crippen molar-refractivity contribution in [3.63, 3.8) is 0 Å². The number of methoxy groups -OCH3 is 1. The van der Waals surface area contributed by atoms with Crippen LogP contribution in [0.25, 0.3) is 44.8 Å². The molecule has 0 spiro atoms. The number of piperidine rings is 1. The molecule has 3 fully saturated rings. The first kappa shape index (κ1) is 26.7. The first-order valence-corrected chi connectivity index (χ1v) is 16.2. The van der Waals surface area contributed by atoms with Gasteiger partial charge < -0.3 is 24.1 Å². The van der Waals surface area contributed by atoms with Crippen molar-refractivity contribution in [2.75, 3.05) is 19.0 Å². The summed E-state index contributed by atoms with van der Waals surface area (Å²) in [6.45, 7) is 1.74. The lowest BCUT2D eigenvalue weighted by atomic mass is 9.99. The monoisotopic (exact) mass is 600 g/mol. The Morgan fingerprint density at radius 1 is 1.02 bits per heavy atom. The number of nitrogens with zero attached hydrogens (tertiary/aromatic N) is 5. The number of pyridine rings is 1. The van der Waals surface area contributed by atoms with E-state index < -0.39 is 0 Å². The Kier molecular flexibility index (Phi) is 5.89. The minimum Gasteiger partial charge on any atom is -0.494 e. The van der Waals surface area contributed by atoms with Crippen LogP contribution in [0, 0.1) is 11.8 Å². The molecule has 2 bridgehead atoms. The number of nitrogens with one attached hydrogen (secondary N) is 1. The molecule has 5 aromatic rings. The van der Waals surface area contributed by atoms with Gasteiger partial charge in [0, 0.05) is 54.8 Å². The molecule has 2 aliphatic heterocycles. The number of anilines is 1. The Hall–Kier alpha value is -4.66. The van der Waals surface area contributed by atoms with Gasteiger partial charge in [-0.05, 0) is 98.4 Å². The number of amides is 2. The third-order valence-electron chi connectivity index (χ3n) is 10.5. The molecule has 9 heteroatoms.